The molecule has 0 saturated carbocycles. The van der Waals surface area contributed by atoms with E-state index in [0.717, 1.165) is 17.0 Å². The molecule has 1 unspecified atom stereocenters. The van der Waals surface area contributed by atoms with Crippen molar-refractivity contribution in [2.45, 2.75) is 27.2 Å². The predicted octanol–water partition coefficient (Wildman–Crippen LogP) is 4.16. The minimum atomic E-state index is 0.192. The van der Waals surface area contributed by atoms with Gasteiger partial charge in [-0.1, -0.05) is 50.0 Å². The van der Waals surface area contributed by atoms with E-state index < -0.39 is 0 Å². The fraction of sp³-hybridized carbons (Fsp3) is 0.538. The Morgan fingerprint density at radius 1 is 1.25 bits per heavy atom. The van der Waals surface area contributed by atoms with Gasteiger partial charge < -0.3 is 5.73 Å². The molecule has 1 rings (SSSR count). The Morgan fingerprint density at radius 3 is 2.31 bits per heavy atom. The molecule has 0 radical (unpaired) electrons. The van der Waals surface area contributed by atoms with Gasteiger partial charge >= 0.3 is 0 Å². The molecule has 0 aliphatic rings. The smallest absolute Gasteiger partial charge is 0.0452 e. The SMILES string of the molecule is CC(C)(C)C(CN)Cc1ccc(Cl)cc1Cl. The fourth-order valence-electron chi connectivity index (χ4n) is 1.70. The van der Waals surface area contributed by atoms with E-state index in [0.29, 0.717) is 17.5 Å². The average Bonchev–Trinajstić information content (AvgIpc) is 2.14. The van der Waals surface area contributed by atoms with Crippen molar-refractivity contribution in [1.82, 2.24) is 0 Å². The van der Waals surface area contributed by atoms with Crippen LogP contribution in [0.2, 0.25) is 10.0 Å². The summed E-state index contributed by atoms with van der Waals surface area (Å²) in [5, 5.41) is 1.41. The van der Waals surface area contributed by atoms with Gasteiger partial charge in [-0.25, -0.2) is 0 Å². The first kappa shape index (κ1) is 13.8. The summed E-state index contributed by atoms with van der Waals surface area (Å²) in [5.41, 5.74) is 7.13. The number of benzene rings is 1. The van der Waals surface area contributed by atoms with E-state index in [1.54, 1.807) is 6.07 Å². The molecule has 0 amide bonds. The molecule has 1 atom stereocenters. The van der Waals surface area contributed by atoms with Crippen LogP contribution in [0.1, 0.15) is 26.3 Å². The van der Waals surface area contributed by atoms with Crippen LogP contribution < -0.4 is 5.73 Å². The summed E-state index contributed by atoms with van der Waals surface area (Å²) < 4.78 is 0. The van der Waals surface area contributed by atoms with Gasteiger partial charge in [-0.05, 0) is 42.0 Å². The topological polar surface area (TPSA) is 26.0 Å². The summed E-state index contributed by atoms with van der Waals surface area (Å²) in [6.45, 7) is 7.28. The molecule has 1 aromatic carbocycles. The minimum Gasteiger partial charge on any atom is -0.330 e. The molecule has 0 bridgehead atoms. The second-order valence-electron chi connectivity index (χ2n) is 5.24. The highest BCUT2D eigenvalue weighted by Gasteiger charge is 2.24. The standard InChI is InChI=1S/C13H19Cl2N/c1-13(2,3)10(8-16)6-9-4-5-11(14)7-12(9)15/h4-5,7,10H,6,8,16H2,1-3H3. The lowest BCUT2D eigenvalue weighted by Crippen LogP contribution is -2.30. The van der Waals surface area contributed by atoms with Crippen LogP contribution in [0.25, 0.3) is 0 Å². The van der Waals surface area contributed by atoms with Gasteiger partial charge in [-0.2, -0.15) is 0 Å². The zero-order valence-corrected chi connectivity index (χ0v) is 11.6. The lowest BCUT2D eigenvalue weighted by Gasteiger charge is -2.30. The first-order valence-electron chi connectivity index (χ1n) is 5.48. The lowest BCUT2D eigenvalue weighted by atomic mass is 9.77. The predicted molar refractivity (Wildman–Crippen MR) is 72.2 cm³/mol. The Bertz CT molecular complexity index is 355. The fourth-order valence-corrected chi connectivity index (χ4v) is 2.18. The third-order valence-corrected chi connectivity index (χ3v) is 3.58. The van der Waals surface area contributed by atoms with Gasteiger partial charge in [0.2, 0.25) is 0 Å². The van der Waals surface area contributed by atoms with Crippen LogP contribution in [-0.2, 0) is 6.42 Å². The van der Waals surface area contributed by atoms with Gasteiger partial charge in [-0.15, -0.1) is 0 Å². The average molecular weight is 260 g/mol. The van der Waals surface area contributed by atoms with E-state index in [2.05, 4.69) is 20.8 Å². The molecule has 0 fully saturated rings. The van der Waals surface area contributed by atoms with Gasteiger partial charge in [0, 0.05) is 10.0 Å². The molecule has 2 N–H and O–H groups in total. The van der Waals surface area contributed by atoms with E-state index >= 15 is 0 Å². The Kier molecular flexibility index (Phi) is 4.66. The highest BCUT2D eigenvalue weighted by Crippen LogP contribution is 2.31. The summed E-state index contributed by atoms with van der Waals surface area (Å²) in [4.78, 5) is 0. The minimum absolute atomic E-state index is 0.192. The van der Waals surface area contributed by atoms with E-state index in [1.807, 2.05) is 12.1 Å². The normalized spacial score (nSPS) is 13.9. The molecule has 0 spiro atoms. The van der Waals surface area contributed by atoms with Gasteiger partial charge in [0.25, 0.3) is 0 Å². The van der Waals surface area contributed by atoms with Crippen molar-refractivity contribution >= 4 is 23.2 Å². The number of hydrogen-bond acceptors (Lipinski definition) is 1. The number of halogens is 2. The van der Waals surface area contributed by atoms with Crippen LogP contribution in [0, 0.1) is 11.3 Å². The molecule has 0 saturated heterocycles. The van der Waals surface area contributed by atoms with Crippen molar-refractivity contribution in [3.05, 3.63) is 33.8 Å². The van der Waals surface area contributed by atoms with E-state index in [9.17, 15) is 0 Å². The lowest BCUT2D eigenvalue weighted by molar-refractivity contribution is 0.246. The summed E-state index contributed by atoms with van der Waals surface area (Å²) in [6, 6.07) is 5.65. The Morgan fingerprint density at radius 2 is 1.88 bits per heavy atom. The number of nitrogens with two attached hydrogens (primary N) is 1. The second-order valence-corrected chi connectivity index (χ2v) is 6.08. The largest absolute Gasteiger partial charge is 0.330 e. The molecule has 90 valence electrons. The Hall–Kier alpha value is -0.240. The molecular weight excluding hydrogens is 241 g/mol. The third-order valence-electron chi connectivity index (χ3n) is 2.99. The van der Waals surface area contributed by atoms with Crippen molar-refractivity contribution < 1.29 is 0 Å². The summed E-state index contributed by atoms with van der Waals surface area (Å²) in [7, 11) is 0. The highest BCUT2D eigenvalue weighted by molar-refractivity contribution is 6.35. The summed E-state index contributed by atoms with van der Waals surface area (Å²) in [5.74, 6) is 0.422. The quantitative estimate of drug-likeness (QED) is 0.867. The Balaban J connectivity index is 2.86. The molecular formula is C13H19Cl2N. The summed E-state index contributed by atoms with van der Waals surface area (Å²) in [6.07, 6.45) is 0.899. The molecule has 0 aliphatic heterocycles. The van der Waals surface area contributed by atoms with Gasteiger partial charge in [0.05, 0.1) is 0 Å². The molecule has 0 aliphatic carbocycles. The van der Waals surface area contributed by atoms with Gasteiger partial charge in [-0.3, -0.25) is 0 Å². The van der Waals surface area contributed by atoms with Crippen LogP contribution in [-0.4, -0.2) is 6.54 Å². The molecule has 0 heterocycles. The monoisotopic (exact) mass is 259 g/mol. The van der Waals surface area contributed by atoms with E-state index in [1.165, 1.54) is 0 Å². The first-order chi connectivity index (χ1) is 7.34. The molecule has 1 aromatic rings. The number of rotatable bonds is 3. The summed E-state index contributed by atoms with van der Waals surface area (Å²) >= 11 is 12.0. The van der Waals surface area contributed by atoms with Crippen molar-refractivity contribution in [1.29, 1.82) is 0 Å². The van der Waals surface area contributed by atoms with Crippen LogP contribution in [0.3, 0.4) is 0 Å². The maximum Gasteiger partial charge on any atom is 0.0452 e. The number of hydrogen-bond donors (Lipinski definition) is 1. The first-order valence-corrected chi connectivity index (χ1v) is 6.24. The third kappa shape index (κ3) is 3.65. The van der Waals surface area contributed by atoms with Crippen LogP contribution in [0.5, 0.6) is 0 Å². The van der Waals surface area contributed by atoms with Crippen LogP contribution in [0.15, 0.2) is 18.2 Å². The molecule has 0 aromatic heterocycles. The maximum absolute atomic E-state index is 6.16. The van der Waals surface area contributed by atoms with Crippen molar-refractivity contribution in [2.24, 2.45) is 17.1 Å². The maximum atomic E-state index is 6.16. The van der Waals surface area contributed by atoms with Crippen LogP contribution >= 0.6 is 23.2 Å². The Labute approximate surface area is 108 Å². The van der Waals surface area contributed by atoms with Gasteiger partial charge in [0.1, 0.15) is 0 Å². The second kappa shape index (κ2) is 5.39. The van der Waals surface area contributed by atoms with E-state index in [-0.39, 0.29) is 5.41 Å². The van der Waals surface area contributed by atoms with Gasteiger partial charge in [0.15, 0.2) is 0 Å². The molecule has 3 heteroatoms. The zero-order chi connectivity index (χ0) is 12.3. The van der Waals surface area contributed by atoms with Crippen molar-refractivity contribution in [3.8, 4) is 0 Å². The highest BCUT2D eigenvalue weighted by atomic mass is 35.5. The van der Waals surface area contributed by atoms with Crippen molar-refractivity contribution in [3.63, 3.8) is 0 Å². The van der Waals surface area contributed by atoms with Crippen molar-refractivity contribution in [2.75, 3.05) is 6.54 Å². The molecule has 16 heavy (non-hydrogen) atoms. The van der Waals surface area contributed by atoms with E-state index in [4.69, 9.17) is 28.9 Å². The zero-order valence-electron chi connectivity index (χ0n) is 10.1. The van der Waals surface area contributed by atoms with Crippen LogP contribution in [0.4, 0.5) is 0 Å². The molecule has 1 nitrogen and oxygen atoms in total.